The monoisotopic (exact) mass is 260 g/mol. The van der Waals surface area contributed by atoms with Gasteiger partial charge < -0.3 is 14.8 Å². The second-order valence-electron chi connectivity index (χ2n) is 3.90. The van der Waals surface area contributed by atoms with E-state index < -0.39 is 11.7 Å². The summed E-state index contributed by atoms with van der Waals surface area (Å²) in [7, 11) is 0. The molecule has 0 radical (unpaired) electrons. The lowest BCUT2D eigenvalue weighted by Crippen LogP contribution is -2.07. The smallest absolute Gasteiger partial charge is 0.345 e. The SMILES string of the molecule is O=C(O)CCc1cccc(Oc2cnc(=O)[nH]c2)c1. The van der Waals surface area contributed by atoms with E-state index in [1.165, 1.54) is 12.4 Å². The van der Waals surface area contributed by atoms with Crippen LogP contribution in [0.25, 0.3) is 0 Å². The number of carboxylic acids is 1. The minimum Gasteiger partial charge on any atom is -0.481 e. The summed E-state index contributed by atoms with van der Waals surface area (Å²) >= 11 is 0. The molecule has 98 valence electrons. The standard InChI is InChI=1S/C13H12N2O4/c16-12(17)5-4-9-2-1-3-10(6-9)19-11-7-14-13(18)15-8-11/h1-3,6-8H,4-5H2,(H,16,17)(H,14,15,18). The predicted molar refractivity (Wildman–Crippen MR) is 67.3 cm³/mol. The van der Waals surface area contributed by atoms with Gasteiger partial charge in [0.05, 0.1) is 12.4 Å². The first-order valence-corrected chi connectivity index (χ1v) is 5.67. The van der Waals surface area contributed by atoms with E-state index >= 15 is 0 Å². The minimum absolute atomic E-state index is 0.0731. The highest BCUT2D eigenvalue weighted by molar-refractivity contribution is 5.67. The maximum Gasteiger partial charge on any atom is 0.345 e. The van der Waals surface area contributed by atoms with Crippen molar-refractivity contribution >= 4 is 5.97 Å². The van der Waals surface area contributed by atoms with E-state index in [2.05, 4.69) is 9.97 Å². The fourth-order valence-corrected chi connectivity index (χ4v) is 1.54. The van der Waals surface area contributed by atoms with Crippen LogP contribution in [0.4, 0.5) is 0 Å². The lowest BCUT2D eigenvalue weighted by molar-refractivity contribution is -0.136. The lowest BCUT2D eigenvalue weighted by Gasteiger charge is -2.06. The number of H-pyrrole nitrogens is 1. The van der Waals surface area contributed by atoms with E-state index in [1.54, 1.807) is 18.2 Å². The molecule has 1 aromatic carbocycles. The zero-order chi connectivity index (χ0) is 13.7. The van der Waals surface area contributed by atoms with Gasteiger partial charge in [0.1, 0.15) is 5.75 Å². The van der Waals surface area contributed by atoms with Gasteiger partial charge in [0.25, 0.3) is 0 Å². The van der Waals surface area contributed by atoms with Gasteiger partial charge in [-0.05, 0) is 24.1 Å². The topological polar surface area (TPSA) is 92.3 Å². The van der Waals surface area contributed by atoms with Crippen LogP contribution in [-0.4, -0.2) is 21.0 Å². The van der Waals surface area contributed by atoms with E-state index in [9.17, 15) is 9.59 Å². The normalized spacial score (nSPS) is 10.1. The number of aliphatic carboxylic acids is 1. The minimum atomic E-state index is -0.837. The maximum atomic E-state index is 10.8. The zero-order valence-corrected chi connectivity index (χ0v) is 10.00. The summed E-state index contributed by atoms with van der Waals surface area (Å²) in [5.74, 6) is 0.142. The number of aromatic nitrogens is 2. The first-order chi connectivity index (χ1) is 9.13. The van der Waals surface area contributed by atoms with Gasteiger partial charge in [-0.3, -0.25) is 4.79 Å². The molecule has 6 heteroatoms. The molecule has 0 bridgehead atoms. The van der Waals surface area contributed by atoms with Crippen molar-refractivity contribution in [3.05, 3.63) is 52.7 Å². The summed E-state index contributed by atoms with van der Waals surface area (Å²) in [5, 5.41) is 8.63. The number of nitrogens with zero attached hydrogens (tertiary/aromatic N) is 1. The summed E-state index contributed by atoms with van der Waals surface area (Å²) < 4.78 is 5.50. The quantitative estimate of drug-likeness (QED) is 0.851. The van der Waals surface area contributed by atoms with Crippen molar-refractivity contribution in [1.29, 1.82) is 0 Å². The average molecular weight is 260 g/mol. The van der Waals surface area contributed by atoms with Crippen LogP contribution in [0, 0.1) is 0 Å². The maximum absolute atomic E-state index is 10.8. The van der Waals surface area contributed by atoms with Gasteiger partial charge in [0.2, 0.25) is 0 Å². The van der Waals surface area contributed by atoms with Gasteiger partial charge in [0, 0.05) is 6.42 Å². The molecule has 1 aromatic heterocycles. The Balaban J connectivity index is 2.08. The Hall–Kier alpha value is -2.63. The molecule has 0 aliphatic rings. The fourth-order valence-electron chi connectivity index (χ4n) is 1.54. The Labute approximate surface area is 108 Å². The summed E-state index contributed by atoms with van der Waals surface area (Å²) in [5.41, 5.74) is 0.430. The number of hydrogen-bond donors (Lipinski definition) is 2. The number of carboxylic acid groups (broad SMARTS) is 1. The lowest BCUT2D eigenvalue weighted by atomic mass is 10.1. The van der Waals surface area contributed by atoms with Crippen LogP contribution in [0.1, 0.15) is 12.0 Å². The van der Waals surface area contributed by atoms with Crippen molar-refractivity contribution in [2.75, 3.05) is 0 Å². The molecule has 0 spiro atoms. The molecular formula is C13H12N2O4. The van der Waals surface area contributed by atoms with E-state index in [4.69, 9.17) is 9.84 Å². The number of aromatic amines is 1. The van der Waals surface area contributed by atoms with Crippen LogP contribution in [-0.2, 0) is 11.2 Å². The Morgan fingerprint density at radius 1 is 1.37 bits per heavy atom. The van der Waals surface area contributed by atoms with Crippen molar-refractivity contribution in [1.82, 2.24) is 9.97 Å². The average Bonchev–Trinajstić information content (AvgIpc) is 2.40. The first-order valence-electron chi connectivity index (χ1n) is 5.67. The number of benzene rings is 1. The third-order valence-electron chi connectivity index (χ3n) is 2.41. The summed E-state index contributed by atoms with van der Waals surface area (Å²) in [4.78, 5) is 27.3. The van der Waals surface area contributed by atoms with Gasteiger partial charge >= 0.3 is 11.7 Å². The highest BCUT2D eigenvalue weighted by atomic mass is 16.5. The largest absolute Gasteiger partial charge is 0.481 e. The Morgan fingerprint density at radius 3 is 2.89 bits per heavy atom. The van der Waals surface area contributed by atoms with E-state index in [0.29, 0.717) is 17.9 Å². The highest BCUT2D eigenvalue weighted by Crippen LogP contribution is 2.20. The number of carbonyl (C=O) groups is 1. The van der Waals surface area contributed by atoms with Crippen LogP contribution < -0.4 is 10.4 Å². The number of hydrogen-bond acceptors (Lipinski definition) is 4. The predicted octanol–water partition coefficient (Wildman–Crippen LogP) is 1.58. The highest BCUT2D eigenvalue weighted by Gasteiger charge is 2.02. The number of aryl methyl sites for hydroxylation is 1. The van der Waals surface area contributed by atoms with Crippen LogP contribution >= 0.6 is 0 Å². The van der Waals surface area contributed by atoms with Crippen molar-refractivity contribution in [2.24, 2.45) is 0 Å². The van der Waals surface area contributed by atoms with Gasteiger partial charge in [-0.2, -0.15) is 4.98 Å². The Morgan fingerprint density at radius 2 is 2.21 bits per heavy atom. The molecule has 0 atom stereocenters. The number of nitrogens with one attached hydrogen (secondary N) is 1. The van der Waals surface area contributed by atoms with Crippen molar-refractivity contribution in [3.63, 3.8) is 0 Å². The molecule has 6 nitrogen and oxygen atoms in total. The second kappa shape index (κ2) is 5.81. The second-order valence-corrected chi connectivity index (χ2v) is 3.90. The number of ether oxygens (including phenoxy) is 1. The zero-order valence-electron chi connectivity index (χ0n) is 10.00. The van der Waals surface area contributed by atoms with Crippen LogP contribution in [0.5, 0.6) is 11.5 Å². The number of rotatable bonds is 5. The van der Waals surface area contributed by atoms with Gasteiger partial charge in [-0.25, -0.2) is 4.79 Å². The third kappa shape index (κ3) is 3.95. The Bertz CT molecular complexity index is 616. The molecule has 2 N–H and O–H groups in total. The molecule has 19 heavy (non-hydrogen) atoms. The molecule has 0 amide bonds. The van der Waals surface area contributed by atoms with E-state index in [0.717, 1.165) is 5.56 Å². The molecule has 0 saturated heterocycles. The molecule has 2 aromatic rings. The summed E-state index contributed by atoms with van der Waals surface area (Å²) in [6.45, 7) is 0. The fraction of sp³-hybridized carbons (Fsp3) is 0.154. The van der Waals surface area contributed by atoms with Crippen molar-refractivity contribution < 1.29 is 14.6 Å². The van der Waals surface area contributed by atoms with Gasteiger partial charge in [0.15, 0.2) is 5.75 Å². The van der Waals surface area contributed by atoms with Crippen LogP contribution in [0.3, 0.4) is 0 Å². The summed E-state index contributed by atoms with van der Waals surface area (Å²) in [6, 6.07) is 7.12. The molecule has 0 unspecified atom stereocenters. The summed E-state index contributed by atoms with van der Waals surface area (Å²) in [6.07, 6.45) is 3.25. The molecule has 2 rings (SSSR count). The molecule has 0 fully saturated rings. The van der Waals surface area contributed by atoms with E-state index in [1.807, 2.05) is 6.07 Å². The molecule has 0 aliphatic carbocycles. The Kier molecular flexibility index (Phi) is 3.92. The van der Waals surface area contributed by atoms with Gasteiger partial charge in [-0.1, -0.05) is 12.1 Å². The van der Waals surface area contributed by atoms with Crippen molar-refractivity contribution in [3.8, 4) is 11.5 Å². The third-order valence-corrected chi connectivity index (χ3v) is 2.41. The molecule has 0 aliphatic heterocycles. The molecule has 0 saturated carbocycles. The first kappa shape index (κ1) is 12.8. The molecular weight excluding hydrogens is 248 g/mol. The van der Waals surface area contributed by atoms with E-state index in [-0.39, 0.29) is 6.42 Å². The van der Waals surface area contributed by atoms with Crippen molar-refractivity contribution in [2.45, 2.75) is 12.8 Å². The molecule has 1 heterocycles. The van der Waals surface area contributed by atoms with Gasteiger partial charge in [-0.15, -0.1) is 0 Å². The van der Waals surface area contributed by atoms with Crippen LogP contribution in [0.15, 0.2) is 41.5 Å². The van der Waals surface area contributed by atoms with Crippen LogP contribution in [0.2, 0.25) is 0 Å².